The fourth-order valence-corrected chi connectivity index (χ4v) is 3.54. The Morgan fingerprint density at radius 3 is 1.04 bits per heavy atom. The molecule has 24 heavy (non-hydrogen) atoms. The van der Waals surface area contributed by atoms with Crippen LogP contribution in [0.4, 0.5) is 0 Å². The maximum Gasteiger partial charge on any atom is -0.0417 e. The summed E-state index contributed by atoms with van der Waals surface area (Å²) in [6.07, 6.45) is 28.9. The molecule has 0 aliphatic heterocycles. The van der Waals surface area contributed by atoms with Gasteiger partial charge in [0.1, 0.15) is 0 Å². The molecule has 0 spiro atoms. The zero-order valence-electron chi connectivity index (χ0n) is 17.4. The van der Waals surface area contributed by atoms with E-state index in [1.165, 1.54) is 128 Å². The Morgan fingerprint density at radius 2 is 0.750 bits per heavy atom. The van der Waals surface area contributed by atoms with Gasteiger partial charge in [-0.1, -0.05) is 149 Å². The molecule has 1 atom stereocenters. The van der Waals surface area contributed by atoms with Gasteiger partial charge >= 0.3 is 0 Å². The largest absolute Gasteiger partial charge is 0.0654 e. The molecule has 0 amide bonds. The van der Waals surface area contributed by atoms with Crippen LogP contribution in [-0.4, -0.2) is 0 Å². The first kappa shape index (κ1) is 24.0. The monoisotopic (exact) mass is 337 g/mol. The van der Waals surface area contributed by atoms with Crippen molar-refractivity contribution in [3.63, 3.8) is 0 Å². The number of hydrogen-bond acceptors (Lipinski definition) is 0. The van der Waals surface area contributed by atoms with Crippen molar-refractivity contribution < 1.29 is 0 Å². The maximum absolute atomic E-state index is 4.17. The van der Waals surface area contributed by atoms with Crippen molar-refractivity contribution in [1.29, 1.82) is 0 Å². The van der Waals surface area contributed by atoms with Gasteiger partial charge in [0, 0.05) is 0 Å². The molecule has 0 saturated carbocycles. The molecule has 0 N–H and O–H groups in total. The molecule has 1 unspecified atom stereocenters. The van der Waals surface area contributed by atoms with E-state index < -0.39 is 0 Å². The second kappa shape index (κ2) is 21.0. The third kappa shape index (κ3) is 20.0. The summed E-state index contributed by atoms with van der Waals surface area (Å²) in [7, 11) is 0. The molecule has 0 fully saturated rings. The van der Waals surface area contributed by atoms with Crippen LogP contribution in [0.25, 0.3) is 0 Å². The molecule has 0 bridgehead atoms. The molecule has 0 rings (SSSR count). The standard InChI is InChI=1S/C24H49/c1-4-6-7-8-9-10-11-12-13-14-15-16-17-18-19-20-21-22-23-24(3)5-2/h24H,3-23H2,1-2H3. The van der Waals surface area contributed by atoms with Crippen LogP contribution in [0.1, 0.15) is 142 Å². The highest BCUT2D eigenvalue weighted by molar-refractivity contribution is 4.58. The summed E-state index contributed by atoms with van der Waals surface area (Å²) in [5.74, 6) is 0.700. The molecule has 1 radical (unpaired) electrons. The Labute approximate surface area is 155 Å². The minimum absolute atomic E-state index is 0.700. The minimum Gasteiger partial charge on any atom is -0.0654 e. The highest BCUT2D eigenvalue weighted by atomic mass is 14.0. The van der Waals surface area contributed by atoms with Gasteiger partial charge in [0.2, 0.25) is 0 Å². The number of rotatable bonds is 20. The topological polar surface area (TPSA) is 0 Å². The van der Waals surface area contributed by atoms with Crippen molar-refractivity contribution in [2.24, 2.45) is 5.92 Å². The molecule has 145 valence electrons. The van der Waals surface area contributed by atoms with Crippen LogP contribution in [-0.2, 0) is 0 Å². The molecular formula is C24H49. The SMILES string of the molecule is [CH2]C(CC)CCCCCCCCCCCCCCCCCCCC. The third-order valence-corrected chi connectivity index (χ3v) is 5.54. The Morgan fingerprint density at radius 1 is 0.458 bits per heavy atom. The van der Waals surface area contributed by atoms with Crippen molar-refractivity contribution in [2.75, 3.05) is 0 Å². The van der Waals surface area contributed by atoms with Crippen LogP contribution in [0, 0.1) is 12.8 Å². The predicted molar refractivity (Wildman–Crippen MR) is 113 cm³/mol. The summed E-state index contributed by atoms with van der Waals surface area (Å²) >= 11 is 0. The molecule has 0 aliphatic carbocycles. The fraction of sp³-hybridized carbons (Fsp3) is 0.958. The van der Waals surface area contributed by atoms with Crippen molar-refractivity contribution >= 4 is 0 Å². The smallest absolute Gasteiger partial charge is 0.0417 e. The predicted octanol–water partition coefficient (Wildman–Crippen LogP) is 9.28. The molecule has 0 saturated heterocycles. The summed E-state index contributed by atoms with van der Waals surface area (Å²) in [6, 6.07) is 0. The van der Waals surface area contributed by atoms with E-state index in [1.54, 1.807) is 0 Å². The molecule has 0 aromatic heterocycles. The quantitative estimate of drug-likeness (QED) is 0.194. The van der Waals surface area contributed by atoms with E-state index in [0.717, 1.165) is 0 Å². The number of unbranched alkanes of at least 4 members (excludes halogenated alkanes) is 17. The van der Waals surface area contributed by atoms with E-state index in [-0.39, 0.29) is 0 Å². The highest BCUT2D eigenvalue weighted by Crippen LogP contribution is 2.16. The van der Waals surface area contributed by atoms with Crippen LogP contribution in [0.2, 0.25) is 0 Å². The van der Waals surface area contributed by atoms with Crippen LogP contribution in [0.15, 0.2) is 0 Å². The summed E-state index contributed by atoms with van der Waals surface area (Å²) in [6.45, 7) is 8.73. The van der Waals surface area contributed by atoms with E-state index in [2.05, 4.69) is 20.8 Å². The van der Waals surface area contributed by atoms with Crippen molar-refractivity contribution in [2.45, 2.75) is 142 Å². The van der Waals surface area contributed by atoms with E-state index in [0.29, 0.717) is 5.92 Å². The van der Waals surface area contributed by atoms with Gasteiger partial charge in [0.05, 0.1) is 0 Å². The molecule has 0 aromatic rings. The van der Waals surface area contributed by atoms with Crippen LogP contribution in [0.5, 0.6) is 0 Å². The van der Waals surface area contributed by atoms with Gasteiger partial charge in [-0.25, -0.2) is 0 Å². The Kier molecular flexibility index (Phi) is 21.0. The zero-order valence-corrected chi connectivity index (χ0v) is 17.4. The van der Waals surface area contributed by atoms with Crippen molar-refractivity contribution in [3.8, 4) is 0 Å². The van der Waals surface area contributed by atoms with Gasteiger partial charge in [-0.15, -0.1) is 0 Å². The molecule has 0 heterocycles. The lowest BCUT2D eigenvalue weighted by atomic mass is 9.99. The van der Waals surface area contributed by atoms with Crippen LogP contribution >= 0.6 is 0 Å². The Hall–Kier alpha value is 0. The summed E-state index contributed by atoms with van der Waals surface area (Å²) in [5, 5.41) is 0. The molecule has 0 aromatic carbocycles. The van der Waals surface area contributed by atoms with Gasteiger partial charge in [-0.05, 0) is 5.92 Å². The second-order valence-electron chi connectivity index (χ2n) is 8.07. The van der Waals surface area contributed by atoms with Gasteiger partial charge in [0.25, 0.3) is 0 Å². The molecular weight excluding hydrogens is 288 g/mol. The zero-order chi connectivity index (χ0) is 17.7. The average Bonchev–Trinajstić information content (AvgIpc) is 2.60. The Bertz CT molecular complexity index is 208. The third-order valence-electron chi connectivity index (χ3n) is 5.54. The van der Waals surface area contributed by atoms with Crippen LogP contribution < -0.4 is 0 Å². The van der Waals surface area contributed by atoms with Crippen molar-refractivity contribution in [1.82, 2.24) is 0 Å². The second-order valence-corrected chi connectivity index (χ2v) is 8.07. The highest BCUT2D eigenvalue weighted by Gasteiger charge is 1.98. The van der Waals surface area contributed by atoms with E-state index in [1.807, 2.05) is 0 Å². The van der Waals surface area contributed by atoms with E-state index >= 15 is 0 Å². The Balaban J connectivity index is 2.98. The number of hydrogen-bond donors (Lipinski definition) is 0. The molecule has 0 nitrogen and oxygen atoms in total. The lowest BCUT2D eigenvalue weighted by molar-refractivity contribution is 0.496. The molecule has 0 aliphatic rings. The first-order valence-electron chi connectivity index (χ1n) is 11.6. The average molecular weight is 338 g/mol. The lowest BCUT2D eigenvalue weighted by Gasteiger charge is -2.07. The lowest BCUT2D eigenvalue weighted by Crippen LogP contribution is -1.92. The van der Waals surface area contributed by atoms with Crippen molar-refractivity contribution in [3.05, 3.63) is 6.92 Å². The minimum atomic E-state index is 0.700. The van der Waals surface area contributed by atoms with Crippen LogP contribution in [0.3, 0.4) is 0 Å². The summed E-state index contributed by atoms with van der Waals surface area (Å²) in [4.78, 5) is 0. The van der Waals surface area contributed by atoms with E-state index in [9.17, 15) is 0 Å². The maximum atomic E-state index is 4.17. The van der Waals surface area contributed by atoms with Gasteiger partial charge in [-0.3, -0.25) is 0 Å². The summed E-state index contributed by atoms with van der Waals surface area (Å²) < 4.78 is 0. The van der Waals surface area contributed by atoms with Gasteiger partial charge in [-0.2, -0.15) is 0 Å². The van der Waals surface area contributed by atoms with E-state index in [4.69, 9.17) is 0 Å². The first-order valence-corrected chi connectivity index (χ1v) is 11.6. The summed E-state index contributed by atoms with van der Waals surface area (Å²) in [5.41, 5.74) is 0. The fourth-order valence-electron chi connectivity index (χ4n) is 3.54. The normalized spacial score (nSPS) is 12.6. The first-order chi connectivity index (χ1) is 11.8. The molecule has 0 heteroatoms. The van der Waals surface area contributed by atoms with Gasteiger partial charge in [0.15, 0.2) is 0 Å². The van der Waals surface area contributed by atoms with Gasteiger partial charge < -0.3 is 0 Å².